The van der Waals surface area contributed by atoms with Crippen LogP contribution in [0, 0.1) is 11.3 Å². The quantitative estimate of drug-likeness (QED) is 0.463. The van der Waals surface area contributed by atoms with E-state index in [0.29, 0.717) is 28.6 Å². The van der Waals surface area contributed by atoms with E-state index in [1.165, 1.54) is 0 Å². The second-order valence-electron chi connectivity index (χ2n) is 6.06. The SMILES string of the molecule is COc1cccc2c(Nc3ccccc3)nc(Nc3ccc(C#N)cc3)nc12.Cl. The largest absolute Gasteiger partial charge is 0.494 e. The Hall–Kier alpha value is -3.82. The van der Waals surface area contributed by atoms with E-state index in [9.17, 15) is 0 Å². The van der Waals surface area contributed by atoms with E-state index in [4.69, 9.17) is 10.00 Å². The molecule has 6 nitrogen and oxygen atoms in total. The van der Waals surface area contributed by atoms with Gasteiger partial charge >= 0.3 is 0 Å². The first-order chi connectivity index (χ1) is 13.8. The van der Waals surface area contributed by atoms with Crippen molar-refractivity contribution in [3.8, 4) is 11.8 Å². The van der Waals surface area contributed by atoms with E-state index in [0.717, 1.165) is 16.8 Å². The predicted molar refractivity (Wildman–Crippen MR) is 118 cm³/mol. The van der Waals surface area contributed by atoms with Crippen molar-refractivity contribution in [2.45, 2.75) is 0 Å². The van der Waals surface area contributed by atoms with Crippen molar-refractivity contribution < 1.29 is 4.74 Å². The zero-order valence-electron chi connectivity index (χ0n) is 15.6. The molecule has 0 aliphatic rings. The van der Waals surface area contributed by atoms with E-state index in [-0.39, 0.29) is 12.4 Å². The standard InChI is InChI=1S/C22H17N5O.ClH/c1-28-19-9-5-8-18-20(19)26-22(25-17-12-10-15(14-23)11-13-17)27-21(18)24-16-6-3-2-4-7-16;/h2-13H,1H3,(H2,24,25,26,27);1H. The first kappa shape index (κ1) is 19.9. The van der Waals surface area contributed by atoms with Crippen molar-refractivity contribution in [3.05, 3.63) is 78.4 Å². The lowest BCUT2D eigenvalue weighted by molar-refractivity contribution is 0.419. The molecule has 0 unspecified atom stereocenters. The highest BCUT2D eigenvalue weighted by molar-refractivity contribution is 5.95. The van der Waals surface area contributed by atoms with Crippen molar-refractivity contribution in [2.75, 3.05) is 17.7 Å². The van der Waals surface area contributed by atoms with Gasteiger partial charge in [-0.15, -0.1) is 12.4 Å². The van der Waals surface area contributed by atoms with Gasteiger partial charge in [0.15, 0.2) is 0 Å². The first-order valence-corrected chi connectivity index (χ1v) is 8.71. The lowest BCUT2D eigenvalue weighted by Gasteiger charge is -2.13. The monoisotopic (exact) mass is 403 g/mol. The Morgan fingerprint density at radius 1 is 0.828 bits per heavy atom. The van der Waals surface area contributed by atoms with Crippen molar-refractivity contribution in [1.29, 1.82) is 5.26 Å². The molecule has 0 fully saturated rings. The summed E-state index contributed by atoms with van der Waals surface area (Å²) in [5, 5.41) is 16.4. The number of anilines is 4. The highest BCUT2D eigenvalue weighted by Crippen LogP contribution is 2.31. The molecule has 4 aromatic rings. The smallest absolute Gasteiger partial charge is 0.229 e. The van der Waals surface area contributed by atoms with E-state index in [1.807, 2.05) is 60.7 Å². The number of halogens is 1. The maximum absolute atomic E-state index is 8.95. The molecule has 0 saturated carbocycles. The van der Waals surface area contributed by atoms with Gasteiger partial charge < -0.3 is 15.4 Å². The van der Waals surface area contributed by atoms with Crippen LogP contribution in [-0.4, -0.2) is 17.1 Å². The molecule has 0 atom stereocenters. The van der Waals surface area contributed by atoms with Gasteiger partial charge in [-0.05, 0) is 48.5 Å². The summed E-state index contributed by atoms with van der Waals surface area (Å²) < 4.78 is 5.49. The number of ether oxygens (including phenoxy) is 1. The minimum atomic E-state index is 0. The molecule has 0 spiro atoms. The summed E-state index contributed by atoms with van der Waals surface area (Å²) in [5.74, 6) is 1.77. The zero-order chi connectivity index (χ0) is 19.3. The van der Waals surface area contributed by atoms with Gasteiger partial charge in [0, 0.05) is 16.8 Å². The van der Waals surface area contributed by atoms with Crippen molar-refractivity contribution in [1.82, 2.24) is 9.97 Å². The summed E-state index contributed by atoms with van der Waals surface area (Å²) in [7, 11) is 1.62. The molecule has 1 aromatic heterocycles. The summed E-state index contributed by atoms with van der Waals surface area (Å²) in [6.07, 6.45) is 0. The van der Waals surface area contributed by atoms with Gasteiger partial charge in [0.25, 0.3) is 0 Å². The molecule has 0 saturated heterocycles. The molecule has 144 valence electrons. The number of nitrogens with zero attached hydrogens (tertiary/aromatic N) is 3. The number of methoxy groups -OCH3 is 1. The van der Waals surface area contributed by atoms with Crippen molar-refractivity contribution >= 4 is 46.5 Å². The lowest BCUT2D eigenvalue weighted by Crippen LogP contribution is -2.03. The second-order valence-corrected chi connectivity index (χ2v) is 6.06. The van der Waals surface area contributed by atoms with Crippen LogP contribution in [0.25, 0.3) is 10.9 Å². The number of rotatable bonds is 5. The third kappa shape index (κ3) is 4.37. The fourth-order valence-electron chi connectivity index (χ4n) is 2.86. The number of fused-ring (bicyclic) bond motifs is 1. The summed E-state index contributed by atoms with van der Waals surface area (Å²) >= 11 is 0. The van der Waals surface area contributed by atoms with Crippen LogP contribution < -0.4 is 15.4 Å². The van der Waals surface area contributed by atoms with Crippen LogP contribution in [0.4, 0.5) is 23.1 Å². The second kappa shape index (κ2) is 8.91. The average Bonchev–Trinajstić information content (AvgIpc) is 2.75. The molecule has 3 aromatic carbocycles. The Labute approximate surface area is 174 Å². The van der Waals surface area contributed by atoms with Crippen LogP contribution in [0.2, 0.25) is 0 Å². The number of para-hydroxylation sites is 2. The minimum Gasteiger partial charge on any atom is -0.494 e. The van der Waals surface area contributed by atoms with Gasteiger partial charge in [-0.25, -0.2) is 4.98 Å². The number of benzene rings is 3. The molecule has 0 aliphatic heterocycles. The Balaban J connectivity index is 0.00000240. The number of hydrogen-bond acceptors (Lipinski definition) is 6. The third-order valence-electron chi connectivity index (χ3n) is 4.22. The first-order valence-electron chi connectivity index (χ1n) is 8.71. The van der Waals surface area contributed by atoms with E-state index >= 15 is 0 Å². The maximum atomic E-state index is 8.95. The number of aromatic nitrogens is 2. The molecule has 4 rings (SSSR count). The van der Waals surface area contributed by atoms with Gasteiger partial charge in [-0.2, -0.15) is 10.2 Å². The van der Waals surface area contributed by atoms with E-state index < -0.39 is 0 Å². The predicted octanol–water partition coefficient (Wildman–Crippen LogP) is 5.42. The van der Waals surface area contributed by atoms with E-state index in [2.05, 4.69) is 26.7 Å². The molecule has 7 heteroatoms. The lowest BCUT2D eigenvalue weighted by atomic mass is 10.2. The van der Waals surface area contributed by atoms with Crippen LogP contribution >= 0.6 is 12.4 Å². The Kier molecular flexibility index (Phi) is 6.12. The topological polar surface area (TPSA) is 82.9 Å². The number of nitriles is 1. The van der Waals surface area contributed by atoms with Crippen LogP contribution in [0.15, 0.2) is 72.8 Å². The van der Waals surface area contributed by atoms with Crippen LogP contribution in [0.3, 0.4) is 0 Å². The van der Waals surface area contributed by atoms with Crippen LogP contribution in [0.5, 0.6) is 5.75 Å². The zero-order valence-corrected chi connectivity index (χ0v) is 16.4. The number of hydrogen-bond donors (Lipinski definition) is 2. The van der Waals surface area contributed by atoms with E-state index in [1.54, 1.807) is 19.2 Å². The molecule has 0 amide bonds. The van der Waals surface area contributed by atoms with Crippen LogP contribution in [-0.2, 0) is 0 Å². The highest BCUT2D eigenvalue weighted by Gasteiger charge is 2.12. The molecule has 0 bridgehead atoms. The van der Waals surface area contributed by atoms with Crippen LogP contribution in [0.1, 0.15) is 5.56 Å². The van der Waals surface area contributed by atoms with Gasteiger partial charge in [0.2, 0.25) is 5.95 Å². The average molecular weight is 404 g/mol. The van der Waals surface area contributed by atoms with Gasteiger partial charge in [-0.1, -0.05) is 24.3 Å². The van der Waals surface area contributed by atoms with Crippen molar-refractivity contribution in [2.24, 2.45) is 0 Å². The maximum Gasteiger partial charge on any atom is 0.229 e. The van der Waals surface area contributed by atoms with Gasteiger partial charge in [0.1, 0.15) is 17.1 Å². The summed E-state index contributed by atoms with van der Waals surface area (Å²) in [5.41, 5.74) is 3.02. The number of nitrogens with one attached hydrogen (secondary N) is 2. The molecular formula is C22H18ClN5O. The molecule has 0 aliphatic carbocycles. The fourth-order valence-corrected chi connectivity index (χ4v) is 2.86. The van der Waals surface area contributed by atoms with Crippen molar-refractivity contribution in [3.63, 3.8) is 0 Å². The summed E-state index contributed by atoms with van der Waals surface area (Å²) in [4.78, 5) is 9.29. The molecular weight excluding hydrogens is 386 g/mol. The minimum absolute atomic E-state index is 0. The van der Waals surface area contributed by atoms with Gasteiger partial charge in [-0.3, -0.25) is 0 Å². The third-order valence-corrected chi connectivity index (χ3v) is 4.22. The van der Waals surface area contributed by atoms with Gasteiger partial charge in [0.05, 0.1) is 18.7 Å². The normalized spacial score (nSPS) is 9.93. The Morgan fingerprint density at radius 3 is 2.24 bits per heavy atom. The summed E-state index contributed by atoms with van der Waals surface area (Å²) in [6.45, 7) is 0. The molecule has 1 heterocycles. The Bertz CT molecular complexity index is 1160. The molecule has 29 heavy (non-hydrogen) atoms. The summed E-state index contributed by atoms with van der Waals surface area (Å²) in [6, 6.07) is 24.8. The highest BCUT2D eigenvalue weighted by atomic mass is 35.5. The molecule has 2 N–H and O–H groups in total. The molecule has 0 radical (unpaired) electrons. The Morgan fingerprint density at radius 2 is 1.55 bits per heavy atom. The fraction of sp³-hybridized carbons (Fsp3) is 0.0455.